The summed E-state index contributed by atoms with van der Waals surface area (Å²) in [6.07, 6.45) is 4.89. The third-order valence-corrected chi connectivity index (χ3v) is 3.30. The van der Waals surface area contributed by atoms with Crippen molar-refractivity contribution >= 4 is 15.7 Å². The zero-order valence-corrected chi connectivity index (χ0v) is 9.12. The highest BCUT2D eigenvalue weighted by molar-refractivity contribution is 7.92. The maximum atomic E-state index is 11.5. The van der Waals surface area contributed by atoms with Gasteiger partial charge in [0, 0.05) is 13.1 Å². The quantitative estimate of drug-likeness (QED) is 0.578. The Morgan fingerprint density at radius 3 is 2.53 bits per heavy atom. The van der Waals surface area contributed by atoms with E-state index in [4.69, 9.17) is 11.2 Å². The van der Waals surface area contributed by atoms with Crippen LogP contribution in [0.5, 0.6) is 0 Å². The lowest BCUT2D eigenvalue weighted by Gasteiger charge is -2.26. The van der Waals surface area contributed by atoms with Crippen molar-refractivity contribution in [3.63, 3.8) is 0 Å². The van der Waals surface area contributed by atoms with Gasteiger partial charge in [-0.3, -0.25) is 4.79 Å². The van der Waals surface area contributed by atoms with Gasteiger partial charge in [-0.1, -0.05) is 5.92 Å². The highest BCUT2D eigenvalue weighted by atomic mass is 32.2. The molecule has 0 N–H and O–H groups in total. The number of ether oxygens (including phenoxy) is 1. The second-order valence-electron chi connectivity index (χ2n) is 3.23. The lowest BCUT2D eigenvalue weighted by Crippen LogP contribution is -2.43. The molecule has 1 amide bonds. The summed E-state index contributed by atoms with van der Waals surface area (Å²) in [7, 11) is -3.45. The molecule has 6 heteroatoms. The van der Waals surface area contributed by atoms with Crippen LogP contribution in [0, 0.1) is 12.3 Å². The van der Waals surface area contributed by atoms with Crippen molar-refractivity contribution in [3.05, 3.63) is 0 Å². The van der Waals surface area contributed by atoms with Crippen molar-refractivity contribution in [1.82, 2.24) is 4.90 Å². The predicted molar refractivity (Wildman–Crippen MR) is 54.9 cm³/mol. The van der Waals surface area contributed by atoms with Crippen LogP contribution >= 0.6 is 0 Å². The number of sulfone groups is 1. The second kappa shape index (κ2) is 5.14. The molecule has 0 aromatic rings. The van der Waals surface area contributed by atoms with Crippen LogP contribution in [0.15, 0.2) is 0 Å². The summed E-state index contributed by atoms with van der Waals surface area (Å²) in [5.41, 5.74) is 0. The third kappa shape index (κ3) is 3.90. The summed E-state index contributed by atoms with van der Waals surface area (Å²) in [5.74, 6) is 0.749. The molecule has 0 spiro atoms. The van der Waals surface area contributed by atoms with Crippen LogP contribution in [0.1, 0.15) is 0 Å². The summed E-state index contributed by atoms with van der Waals surface area (Å²) in [6.45, 7) is 1.82. The van der Waals surface area contributed by atoms with Crippen LogP contribution in [0.3, 0.4) is 0 Å². The molecule has 1 aliphatic heterocycles. The van der Waals surface area contributed by atoms with Crippen molar-refractivity contribution in [2.45, 2.75) is 0 Å². The Morgan fingerprint density at radius 2 is 2.00 bits per heavy atom. The largest absolute Gasteiger partial charge is 0.378 e. The molecule has 0 aromatic carbocycles. The number of terminal acetylenes is 1. The maximum absolute atomic E-state index is 11.5. The van der Waals surface area contributed by atoms with Gasteiger partial charge in [-0.2, -0.15) is 0 Å². The number of amides is 1. The van der Waals surface area contributed by atoms with Gasteiger partial charge in [0.1, 0.15) is 11.5 Å². The van der Waals surface area contributed by atoms with E-state index < -0.39 is 21.5 Å². The molecule has 1 saturated heterocycles. The Morgan fingerprint density at radius 1 is 1.40 bits per heavy atom. The van der Waals surface area contributed by atoms with E-state index in [9.17, 15) is 13.2 Å². The summed E-state index contributed by atoms with van der Waals surface area (Å²) in [6, 6.07) is 0. The Kier molecular flexibility index (Phi) is 4.12. The van der Waals surface area contributed by atoms with Gasteiger partial charge in [0.25, 0.3) is 0 Å². The van der Waals surface area contributed by atoms with Crippen molar-refractivity contribution in [1.29, 1.82) is 0 Å². The van der Waals surface area contributed by atoms with Crippen LogP contribution in [0.25, 0.3) is 0 Å². The number of morpholine rings is 1. The Hall–Kier alpha value is -1.06. The van der Waals surface area contributed by atoms with Gasteiger partial charge in [-0.25, -0.2) is 8.42 Å². The molecule has 0 radical (unpaired) electrons. The first kappa shape index (κ1) is 12.0. The molecular weight excluding hydrogens is 218 g/mol. The minimum absolute atomic E-state index is 0.386. The lowest BCUT2D eigenvalue weighted by atomic mass is 10.4. The molecule has 1 rings (SSSR count). The number of carbonyl (C=O) groups excluding carboxylic acids is 1. The van der Waals surface area contributed by atoms with E-state index in [-0.39, 0.29) is 5.75 Å². The van der Waals surface area contributed by atoms with Gasteiger partial charge in [0.15, 0.2) is 9.84 Å². The molecule has 15 heavy (non-hydrogen) atoms. The van der Waals surface area contributed by atoms with Crippen LogP contribution < -0.4 is 0 Å². The summed E-state index contributed by atoms with van der Waals surface area (Å²) < 4.78 is 27.6. The SMILES string of the molecule is C#CCS(=O)(=O)CC(=O)N1CCOCC1. The van der Waals surface area contributed by atoms with Crippen molar-refractivity contribution in [2.24, 2.45) is 0 Å². The number of hydrogen-bond acceptors (Lipinski definition) is 4. The lowest BCUT2D eigenvalue weighted by molar-refractivity contribution is -0.132. The predicted octanol–water partition coefficient (Wildman–Crippen LogP) is -1.11. The van der Waals surface area contributed by atoms with E-state index in [0.717, 1.165) is 0 Å². The number of hydrogen-bond donors (Lipinski definition) is 0. The van der Waals surface area contributed by atoms with Crippen molar-refractivity contribution in [2.75, 3.05) is 37.8 Å². The van der Waals surface area contributed by atoms with Crippen LogP contribution in [-0.4, -0.2) is 57.0 Å². The molecule has 5 nitrogen and oxygen atoms in total. The third-order valence-electron chi connectivity index (χ3n) is 2.01. The minimum atomic E-state index is -3.45. The summed E-state index contributed by atoms with van der Waals surface area (Å²) >= 11 is 0. The Balaban J connectivity index is 2.51. The molecule has 1 heterocycles. The zero-order chi connectivity index (χ0) is 11.3. The molecule has 0 aliphatic carbocycles. The van der Waals surface area contributed by atoms with Gasteiger partial charge in [0.2, 0.25) is 5.91 Å². The summed E-state index contributed by atoms with van der Waals surface area (Å²) in [4.78, 5) is 13.0. The van der Waals surface area contributed by atoms with Crippen LogP contribution in [0.2, 0.25) is 0 Å². The van der Waals surface area contributed by atoms with Gasteiger partial charge >= 0.3 is 0 Å². The molecule has 1 aliphatic rings. The van der Waals surface area contributed by atoms with E-state index in [1.54, 1.807) is 0 Å². The fourth-order valence-corrected chi connectivity index (χ4v) is 2.18. The van der Waals surface area contributed by atoms with Crippen LogP contribution in [-0.2, 0) is 19.4 Å². The molecule has 0 bridgehead atoms. The topological polar surface area (TPSA) is 63.7 Å². The normalized spacial score (nSPS) is 17.1. The first-order valence-corrected chi connectivity index (χ1v) is 6.37. The van der Waals surface area contributed by atoms with Gasteiger partial charge in [-0.05, 0) is 0 Å². The van der Waals surface area contributed by atoms with Crippen LogP contribution in [0.4, 0.5) is 0 Å². The number of carbonyl (C=O) groups is 1. The average Bonchev–Trinajstić information content (AvgIpc) is 2.18. The van der Waals surface area contributed by atoms with Crippen molar-refractivity contribution in [3.8, 4) is 12.3 Å². The smallest absolute Gasteiger partial charge is 0.237 e. The van der Waals surface area contributed by atoms with E-state index in [2.05, 4.69) is 0 Å². The minimum Gasteiger partial charge on any atom is -0.378 e. The van der Waals surface area contributed by atoms with E-state index in [0.29, 0.717) is 26.3 Å². The zero-order valence-electron chi connectivity index (χ0n) is 8.31. The maximum Gasteiger partial charge on any atom is 0.237 e. The fourth-order valence-electron chi connectivity index (χ4n) is 1.27. The molecule has 0 aromatic heterocycles. The van der Waals surface area contributed by atoms with Gasteiger partial charge < -0.3 is 9.64 Å². The molecule has 1 fully saturated rings. The molecule has 0 saturated carbocycles. The molecule has 0 atom stereocenters. The monoisotopic (exact) mass is 231 g/mol. The molecule has 0 unspecified atom stereocenters. The first-order chi connectivity index (χ1) is 7.05. The highest BCUT2D eigenvalue weighted by Gasteiger charge is 2.22. The Bertz CT molecular complexity index is 362. The number of nitrogens with zero attached hydrogens (tertiary/aromatic N) is 1. The summed E-state index contributed by atoms with van der Waals surface area (Å²) in [5, 5.41) is 0. The van der Waals surface area contributed by atoms with Gasteiger partial charge in [-0.15, -0.1) is 6.42 Å². The Labute approximate surface area is 89.3 Å². The van der Waals surface area contributed by atoms with E-state index >= 15 is 0 Å². The van der Waals surface area contributed by atoms with E-state index in [1.807, 2.05) is 5.92 Å². The number of rotatable bonds is 3. The average molecular weight is 231 g/mol. The molecule has 84 valence electrons. The van der Waals surface area contributed by atoms with Crippen molar-refractivity contribution < 1.29 is 17.9 Å². The first-order valence-electron chi connectivity index (χ1n) is 4.54. The standard InChI is InChI=1S/C9H13NO4S/c1-2-7-15(12,13)8-9(11)10-3-5-14-6-4-10/h1H,3-8H2. The van der Waals surface area contributed by atoms with Gasteiger partial charge in [0.05, 0.1) is 13.2 Å². The van der Waals surface area contributed by atoms with E-state index in [1.165, 1.54) is 4.90 Å². The fraction of sp³-hybridized carbons (Fsp3) is 0.667. The molecular formula is C9H13NO4S. The second-order valence-corrected chi connectivity index (χ2v) is 5.29. The highest BCUT2D eigenvalue weighted by Crippen LogP contribution is 2.00.